The lowest BCUT2D eigenvalue weighted by Crippen LogP contribution is -2.44. The first-order valence-electron chi connectivity index (χ1n) is 13.5. The molecule has 3 aliphatic heterocycles. The van der Waals surface area contributed by atoms with Gasteiger partial charge in [0, 0.05) is 35.6 Å². The van der Waals surface area contributed by atoms with Crippen molar-refractivity contribution in [2.24, 2.45) is 10.7 Å². The molecule has 2 aromatic rings. The number of anilines is 1. The topological polar surface area (TPSA) is 121 Å². The van der Waals surface area contributed by atoms with Gasteiger partial charge in [-0.2, -0.15) is 0 Å². The summed E-state index contributed by atoms with van der Waals surface area (Å²) in [6.07, 6.45) is 6.39. The molecule has 3 unspecified atom stereocenters. The number of fused-ring (bicyclic) bond motifs is 2. The van der Waals surface area contributed by atoms with E-state index >= 15 is 0 Å². The van der Waals surface area contributed by atoms with Crippen LogP contribution in [0.15, 0.2) is 35.5 Å². The van der Waals surface area contributed by atoms with Crippen LogP contribution in [-0.2, 0) is 0 Å². The van der Waals surface area contributed by atoms with Gasteiger partial charge in [-0.05, 0) is 94.4 Å². The number of likely N-dealkylation sites (tertiary alicyclic amines) is 1. The van der Waals surface area contributed by atoms with Crippen molar-refractivity contribution in [2.75, 3.05) is 24.5 Å². The largest absolute Gasteiger partial charge is 0.366 e. The Balaban J connectivity index is 1.26. The molecule has 4 heterocycles. The van der Waals surface area contributed by atoms with Gasteiger partial charge in [-0.15, -0.1) is 0 Å². The third-order valence-electron chi connectivity index (χ3n) is 8.25. The molecule has 0 radical (unpaired) electrons. The number of aromatic nitrogens is 1. The summed E-state index contributed by atoms with van der Waals surface area (Å²) in [7, 11) is 0. The first-order chi connectivity index (χ1) is 18.2. The highest BCUT2D eigenvalue weighted by Crippen LogP contribution is 2.40. The third kappa shape index (κ3) is 5.07. The summed E-state index contributed by atoms with van der Waals surface area (Å²) < 4.78 is 0. The molecule has 38 heavy (non-hydrogen) atoms. The Morgan fingerprint density at radius 2 is 1.89 bits per heavy atom. The van der Waals surface area contributed by atoms with Gasteiger partial charge in [0.2, 0.25) is 5.91 Å². The van der Waals surface area contributed by atoms with Crippen LogP contribution in [0.1, 0.15) is 81.2 Å². The lowest BCUT2D eigenvalue weighted by atomic mass is 9.94. The molecular formula is C29H36N6O3. The van der Waals surface area contributed by atoms with E-state index in [0.717, 1.165) is 68.8 Å². The lowest BCUT2D eigenvalue weighted by molar-refractivity contribution is 0.0928. The number of piperidine rings is 1. The van der Waals surface area contributed by atoms with E-state index < -0.39 is 5.91 Å². The Morgan fingerprint density at radius 1 is 1.13 bits per heavy atom. The number of amides is 3. The molecule has 2 bridgehead atoms. The second-order valence-electron chi connectivity index (χ2n) is 10.7. The number of aliphatic imine (C=N–C) groups is 1. The fourth-order valence-corrected chi connectivity index (χ4v) is 6.23. The predicted octanol–water partition coefficient (Wildman–Crippen LogP) is 3.03. The first kappa shape index (κ1) is 26.0. The Bertz CT molecular complexity index is 1290. The Kier molecular flexibility index (Phi) is 7.29. The number of carbonyl (C=O) groups excluding carboxylic acids is 3. The maximum absolute atomic E-state index is 13.2. The minimum absolute atomic E-state index is 0.000838. The molecular weight excluding hydrogens is 480 g/mol. The third-order valence-corrected chi connectivity index (χ3v) is 8.25. The van der Waals surface area contributed by atoms with Crippen molar-refractivity contribution >= 4 is 29.3 Å². The standard InChI is InChI=1S/C29H36N6O3/c1-4-34-11-5-6-20(16-34)32-28(37)19-7-10-26(31-15-19)35-21-8-9-25(35)24(14-21)33-29(38)23-13-17(2)22(27(30)36)12-18(23)3/h7,10,12-13,15,21,24-25H,4-6,8-9,11,14,16H2,1-3H3,(H2,30,36)(H,33,38). The minimum Gasteiger partial charge on any atom is -0.366 e. The van der Waals surface area contributed by atoms with E-state index in [4.69, 9.17) is 5.73 Å². The van der Waals surface area contributed by atoms with Crippen molar-refractivity contribution in [2.45, 2.75) is 71.0 Å². The summed E-state index contributed by atoms with van der Waals surface area (Å²) in [5.41, 5.74) is 9.31. The van der Waals surface area contributed by atoms with Gasteiger partial charge in [0.05, 0.1) is 17.6 Å². The smallest absolute Gasteiger partial charge is 0.278 e. The molecule has 3 aliphatic rings. The Labute approximate surface area is 223 Å². The lowest BCUT2D eigenvalue weighted by Gasteiger charge is -2.26. The summed E-state index contributed by atoms with van der Waals surface area (Å²) in [6, 6.07) is 7.58. The van der Waals surface area contributed by atoms with E-state index in [9.17, 15) is 14.4 Å². The van der Waals surface area contributed by atoms with Crippen LogP contribution in [0.2, 0.25) is 0 Å². The summed E-state index contributed by atoms with van der Waals surface area (Å²) in [5, 5.41) is 3.23. The zero-order valence-corrected chi connectivity index (χ0v) is 22.4. The molecule has 3 saturated heterocycles. The van der Waals surface area contributed by atoms with Crippen LogP contribution in [0.4, 0.5) is 5.82 Å². The monoisotopic (exact) mass is 516 g/mol. The van der Waals surface area contributed by atoms with Gasteiger partial charge in [-0.25, -0.2) is 9.98 Å². The van der Waals surface area contributed by atoms with Crippen molar-refractivity contribution < 1.29 is 14.4 Å². The number of primary amides is 1. The number of nitrogens with one attached hydrogen (secondary N) is 1. The highest BCUT2D eigenvalue weighted by molar-refractivity contribution is 6.04. The van der Waals surface area contributed by atoms with E-state index in [0.29, 0.717) is 28.3 Å². The number of hydrogen-bond donors (Lipinski definition) is 2. The molecule has 9 nitrogen and oxygen atoms in total. The van der Waals surface area contributed by atoms with Gasteiger partial charge < -0.3 is 16.0 Å². The zero-order chi connectivity index (χ0) is 27.0. The SMILES string of the molecule is CCN1CCCC(=NC(=O)c2ccc(N3C4CCC3C(NC(=O)c3cc(C)c(C(N)=O)cc3C)C4)nc2)C1. The number of benzene rings is 1. The zero-order valence-electron chi connectivity index (χ0n) is 22.4. The van der Waals surface area contributed by atoms with Crippen molar-refractivity contribution in [3.8, 4) is 0 Å². The highest BCUT2D eigenvalue weighted by atomic mass is 16.2. The van der Waals surface area contributed by atoms with E-state index in [2.05, 4.69) is 32.0 Å². The fraction of sp³-hybridized carbons (Fsp3) is 0.483. The molecule has 200 valence electrons. The molecule has 3 atom stereocenters. The van der Waals surface area contributed by atoms with Gasteiger partial charge in [0.25, 0.3) is 11.8 Å². The molecule has 0 saturated carbocycles. The average Bonchev–Trinajstić information content (AvgIpc) is 3.47. The number of pyridine rings is 1. The normalized spacial score (nSPS) is 24.1. The average molecular weight is 517 g/mol. The Hall–Kier alpha value is -3.59. The number of rotatable bonds is 6. The van der Waals surface area contributed by atoms with Crippen molar-refractivity contribution in [3.63, 3.8) is 0 Å². The number of aryl methyl sites for hydroxylation is 2. The maximum atomic E-state index is 13.2. The van der Waals surface area contributed by atoms with Crippen molar-refractivity contribution in [3.05, 3.63) is 58.3 Å². The number of nitrogens with zero attached hydrogens (tertiary/aromatic N) is 4. The van der Waals surface area contributed by atoms with E-state index in [1.54, 1.807) is 25.3 Å². The molecule has 0 aliphatic carbocycles. The van der Waals surface area contributed by atoms with Crippen LogP contribution in [0.5, 0.6) is 0 Å². The second-order valence-corrected chi connectivity index (χ2v) is 10.7. The molecule has 5 rings (SSSR count). The number of hydrogen-bond acceptors (Lipinski definition) is 6. The second kappa shape index (κ2) is 10.6. The van der Waals surface area contributed by atoms with Crippen LogP contribution in [0, 0.1) is 13.8 Å². The Morgan fingerprint density at radius 3 is 2.61 bits per heavy atom. The van der Waals surface area contributed by atoms with Crippen LogP contribution in [0.3, 0.4) is 0 Å². The molecule has 9 heteroatoms. The van der Waals surface area contributed by atoms with Gasteiger partial charge in [0.15, 0.2) is 0 Å². The van der Waals surface area contributed by atoms with Gasteiger partial charge in [0.1, 0.15) is 5.82 Å². The minimum atomic E-state index is -0.494. The summed E-state index contributed by atoms with van der Waals surface area (Å²) in [4.78, 5) is 51.2. The van der Waals surface area contributed by atoms with Crippen LogP contribution in [-0.4, -0.2) is 71.1 Å². The van der Waals surface area contributed by atoms with E-state index in [1.165, 1.54) is 0 Å². The van der Waals surface area contributed by atoms with Gasteiger partial charge >= 0.3 is 0 Å². The molecule has 1 aromatic carbocycles. The summed E-state index contributed by atoms with van der Waals surface area (Å²) in [5.74, 6) is -0.0479. The molecule has 3 amide bonds. The van der Waals surface area contributed by atoms with Crippen molar-refractivity contribution in [1.29, 1.82) is 0 Å². The van der Waals surface area contributed by atoms with Crippen molar-refractivity contribution in [1.82, 2.24) is 15.2 Å². The summed E-state index contributed by atoms with van der Waals surface area (Å²) in [6.45, 7) is 8.51. The number of carbonyl (C=O) groups is 3. The van der Waals surface area contributed by atoms with Gasteiger partial charge in [-0.3, -0.25) is 19.3 Å². The van der Waals surface area contributed by atoms with Crippen LogP contribution >= 0.6 is 0 Å². The molecule has 1 aromatic heterocycles. The predicted molar refractivity (Wildman–Crippen MR) is 147 cm³/mol. The quantitative estimate of drug-likeness (QED) is 0.609. The van der Waals surface area contributed by atoms with E-state index in [1.807, 2.05) is 19.1 Å². The maximum Gasteiger partial charge on any atom is 0.278 e. The highest BCUT2D eigenvalue weighted by Gasteiger charge is 2.47. The number of nitrogens with two attached hydrogens (primary N) is 1. The fourth-order valence-electron chi connectivity index (χ4n) is 6.23. The first-order valence-corrected chi connectivity index (χ1v) is 13.5. The summed E-state index contributed by atoms with van der Waals surface area (Å²) >= 11 is 0. The van der Waals surface area contributed by atoms with Crippen LogP contribution in [0.25, 0.3) is 0 Å². The van der Waals surface area contributed by atoms with E-state index in [-0.39, 0.29) is 23.9 Å². The molecule has 3 fully saturated rings. The van der Waals surface area contributed by atoms with Crippen LogP contribution < -0.4 is 16.0 Å². The van der Waals surface area contributed by atoms with Gasteiger partial charge in [-0.1, -0.05) is 6.92 Å². The molecule has 3 N–H and O–H groups in total. The molecule has 0 spiro atoms.